The van der Waals surface area contributed by atoms with E-state index in [4.69, 9.17) is 19.5 Å². The van der Waals surface area contributed by atoms with E-state index in [0.29, 0.717) is 36.1 Å². The highest BCUT2D eigenvalue weighted by atomic mass is 16.5. The van der Waals surface area contributed by atoms with E-state index >= 15 is 0 Å². The van der Waals surface area contributed by atoms with Crippen molar-refractivity contribution in [2.45, 2.75) is 20.3 Å². The SMILES string of the molecule is COc1cc(C#N)ccc1OCC(=O)NCCc1ccc(OCC(C)C)cc1. The molecule has 0 radical (unpaired) electrons. The maximum absolute atomic E-state index is 12.0. The summed E-state index contributed by atoms with van der Waals surface area (Å²) >= 11 is 0. The number of ether oxygens (including phenoxy) is 3. The van der Waals surface area contributed by atoms with Gasteiger partial charge in [-0.1, -0.05) is 26.0 Å². The second kappa shape index (κ2) is 10.8. The van der Waals surface area contributed by atoms with Crippen molar-refractivity contribution in [1.82, 2.24) is 5.32 Å². The second-order valence-corrected chi connectivity index (χ2v) is 6.71. The Labute approximate surface area is 166 Å². The Morgan fingerprint density at radius 3 is 2.50 bits per heavy atom. The predicted molar refractivity (Wildman–Crippen MR) is 107 cm³/mol. The summed E-state index contributed by atoms with van der Waals surface area (Å²) < 4.78 is 16.3. The molecular weight excluding hydrogens is 356 g/mol. The quantitative estimate of drug-likeness (QED) is 0.682. The number of hydrogen-bond acceptors (Lipinski definition) is 5. The molecule has 0 aliphatic heterocycles. The minimum atomic E-state index is -0.219. The van der Waals surface area contributed by atoms with E-state index in [1.54, 1.807) is 18.2 Å². The predicted octanol–water partition coefficient (Wildman–Crippen LogP) is 3.34. The maximum atomic E-state index is 12.0. The molecule has 0 saturated carbocycles. The van der Waals surface area contributed by atoms with E-state index in [0.717, 1.165) is 17.7 Å². The van der Waals surface area contributed by atoms with Crippen molar-refractivity contribution in [1.29, 1.82) is 5.26 Å². The molecule has 0 unspecified atom stereocenters. The Morgan fingerprint density at radius 1 is 1.11 bits per heavy atom. The van der Waals surface area contributed by atoms with Crippen molar-refractivity contribution in [3.63, 3.8) is 0 Å². The number of methoxy groups -OCH3 is 1. The summed E-state index contributed by atoms with van der Waals surface area (Å²) in [6.45, 7) is 5.30. The van der Waals surface area contributed by atoms with E-state index in [9.17, 15) is 4.79 Å². The van der Waals surface area contributed by atoms with Crippen molar-refractivity contribution in [2.24, 2.45) is 5.92 Å². The molecule has 0 bridgehead atoms. The summed E-state index contributed by atoms with van der Waals surface area (Å²) in [4.78, 5) is 12.0. The number of nitrogens with one attached hydrogen (secondary N) is 1. The molecule has 1 N–H and O–H groups in total. The first-order valence-electron chi connectivity index (χ1n) is 9.21. The fourth-order valence-electron chi connectivity index (χ4n) is 2.41. The molecule has 2 rings (SSSR count). The lowest BCUT2D eigenvalue weighted by molar-refractivity contribution is -0.123. The summed E-state index contributed by atoms with van der Waals surface area (Å²) in [6.07, 6.45) is 0.719. The van der Waals surface area contributed by atoms with Gasteiger partial charge in [0.15, 0.2) is 18.1 Å². The average Bonchev–Trinajstić information content (AvgIpc) is 2.71. The highest BCUT2D eigenvalue weighted by molar-refractivity contribution is 5.77. The van der Waals surface area contributed by atoms with Gasteiger partial charge < -0.3 is 19.5 Å². The van der Waals surface area contributed by atoms with Crippen LogP contribution in [0.15, 0.2) is 42.5 Å². The smallest absolute Gasteiger partial charge is 0.257 e. The third-order valence-corrected chi connectivity index (χ3v) is 3.89. The van der Waals surface area contributed by atoms with Crippen molar-refractivity contribution >= 4 is 5.91 Å². The van der Waals surface area contributed by atoms with Crippen LogP contribution in [0.2, 0.25) is 0 Å². The number of benzene rings is 2. The highest BCUT2D eigenvalue weighted by Crippen LogP contribution is 2.27. The summed E-state index contributed by atoms with van der Waals surface area (Å²) in [6, 6.07) is 14.7. The van der Waals surface area contributed by atoms with Crippen LogP contribution in [0.25, 0.3) is 0 Å². The molecule has 0 heterocycles. The third-order valence-electron chi connectivity index (χ3n) is 3.89. The summed E-state index contributed by atoms with van der Waals surface area (Å²) in [5.41, 5.74) is 1.58. The van der Waals surface area contributed by atoms with E-state index in [-0.39, 0.29) is 12.5 Å². The van der Waals surface area contributed by atoms with E-state index in [2.05, 4.69) is 19.2 Å². The van der Waals surface area contributed by atoms with Gasteiger partial charge in [0, 0.05) is 12.6 Å². The molecule has 0 spiro atoms. The summed E-state index contributed by atoms with van der Waals surface area (Å²) in [5.74, 6) is 1.97. The molecule has 0 aliphatic carbocycles. The Bertz CT molecular complexity index is 810. The van der Waals surface area contributed by atoms with Gasteiger partial charge in [0.1, 0.15) is 5.75 Å². The van der Waals surface area contributed by atoms with E-state index in [1.807, 2.05) is 30.3 Å². The van der Waals surface area contributed by atoms with Crippen molar-refractivity contribution in [3.05, 3.63) is 53.6 Å². The number of amides is 1. The maximum Gasteiger partial charge on any atom is 0.257 e. The van der Waals surface area contributed by atoms with Crippen LogP contribution in [0, 0.1) is 17.2 Å². The van der Waals surface area contributed by atoms with Crippen LogP contribution >= 0.6 is 0 Å². The van der Waals surface area contributed by atoms with Crippen molar-refractivity contribution in [2.75, 3.05) is 26.9 Å². The van der Waals surface area contributed by atoms with Gasteiger partial charge in [-0.25, -0.2) is 0 Å². The Balaban J connectivity index is 1.74. The fraction of sp³-hybridized carbons (Fsp3) is 0.364. The molecule has 6 nitrogen and oxygen atoms in total. The Kier molecular flexibility index (Phi) is 8.16. The lowest BCUT2D eigenvalue weighted by Crippen LogP contribution is -2.30. The van der Waals surface area contributed by atoms with Gasteiger partial charge in [-0.2, -0.15) is 5.26 Å². The van der Waals surface area contributed by atoms with Crippen LogP contribution in [-0.4, -0.2) is 32.8 Å². The van der Waals surface area contributed by atoms with E-state index in [1.165, 1.54) is 7.11 Å². The molecule has 6 heteroatoms. The molecule has 0 aliphatic rings. The average molecular weight is 382 g/mol. The van der Waals surface area contributed by atoms with Crippen molar-refractivity contribution < 1.29 is 19.0 Å². The molecular formula is C22H26N2O4. The molecule has 0 atom stereocenters. The van der Waals surface area contributed by atoms with Crippen LogP contribution < -0.4 is 19.5 Å². The first kappa shape index (κ1) is 21.1. The van der Waals surface area contributed by atoms with Crippen LogP contribution in [-0.2, 0) is 11.2 Å². The lowest BCUT2D eigenvalue weighted by Gasteiger charge is -2.11. The monoisotopic (exact) mass is 382 g/mol. The third kappa shape index (κ3) is 6.84. The largest absolute Gasteiger partial charge is 0.493 e. The van der Waals surface area contributed by atoms with Gasteiger partial charge in [-0.15, -0.1) is 0 Å². The Morgan fingerprint density at radius 2 is 1.86 bits per heavy atom. The lowest BCUT2D eigenvalue weighted by atomic mass is 10.1. The number of nitrogens with zero attached hydrogens (tertiary/aromatic N) is 1. The topological polar surface area (TPSA) is 80.6 Å². The molecule has 0 saturated heterocycles. The molecule has 28 heavy (non-hydrogen) atoms. The molecule has 0 aromatic heterocycles. The molecule has 1 amide bonds. The van der Waals surface area contributed by atoms with Gasteiger partial charge in [0.05, 0.1) is 25.3 Å². The van der Waals surface area contributed by atoms with Gasteiger partial charge in [0.25, 0.3) is 5.91 Å². The van der Waals surface area contributed by atoms with Crippen molar-refractivity contribution in [3.8, 4) is 23.3 Å². The minimum absolute atomic E-state index is 0.121. The number of nitriles is 1. The number of carbonyl (C=O) groups is 1. The van der Waals surface area contributed by atoms with Crippen LogP contribution in [0.5, 0.6) is 17.2 Å². The summed E-state index contributed by atoms with van der Waals surface area (Å²) in [7, 11) is 1.49. The minimum Gasteiger partial charge on any atom is -0.493 e. The molecule has 2 aromatic carbocycles. The molecule has 0 fully saturated rings. The van der Waals surface area contributed by atoms with Crippen LogP contribution in [0.4, 0.5) is 0 Å². The standard InChI is InChI=1S/C22H26N2O4/c1-16(2)14-27-19-7-4-17(5-8-19)10-11-24-22(25)15-28-20-9-6-18(13-23)12-21(20)26-3/h4-9,12,16H,10-11,14-15H2,1-3H3,(H,24,25). The zero-order valence-corrected chi connectivity index (χ0v) is 16.5. The van der Waals surface area contributed by atoms with E-state index < -0.39 is 0 Å². The van der Waals surface area contributed by atoms with Gasteiger partial charge in [-0.3, -0.25) is 4.79 Å². The number of hydrogen-bond donors (Lipinski definition) is 1. The number of carbonyl (C=O) groups excluding carboxylic acids is 1. The molecule has 148 valence electrons. The van der Waals surface area contributed by atoms with Crippen LogP contribution in [0.1, 0.15) is 25.0 Å². The van der Waals surface area contributed by atoms with Crippen LogP contribution in [0.3, 0.4) is 0 Å². The highest BCUT2D eigenvalue weighted by Gasteiger charge is 2.08. The first-order chi connectivity index (χ1) is 13.5. The zero-order chi connectivity index (χ0) is 20.4. The molecule has 2 aromatic rings. The zero-order valence-electron chi connectivity index (χ0n) is 16.5. The van der Waals surface area contributed by atoms with Gasteiger partial charge in [0.2, 0.25) is 0 Å². The normalized spacial score (nSPS) is 10.2. The number of rotatable bonds is 10. The van der Waals surface area contributed by atoms with Gasteiger partial charge >= 0.3 is 0 Å². The summed E-state index contributed by atoms with van der Waals surface area (Å²) in [5, 5.41) is 11.7. The first-order valence-corrected chi connectivity index (χ1v) is 9.21. The fourth-order valence-corrected chi connectivity index (χ4v) is 2.41. The second-order valence-electron chi connectivity index (χ2n) is 6.71. The van der Waals surface area contributed by atoms with Gasteiger partial charge in [-0.05, 0) is 42.2 Å². The Hall–Kier alpha value is -3.20.